The van der Waals surface area contributed by atoms with Crippen molar-refractivity contribution in [2.45, 2.75) is 17.7 Å². The molecular weight excluding hydrogens is 294 g/mol. The predicted octanol–water partition coefficient (Wildman–Crippen LogP) is 1.24. The minimum Gasteiger partial charge on any atom is -0.481 e. The number of aliphatic carboxylic acids is 1. The summed E-state index contributed by atoms with van der Waals surface area (Å²) in [6, 6.07) is 6.66. The molecule has 0 amide bonds. The summed E-state index contributed by atoms with van der Waals surface area (Å²) in [6.45, 7) is 0. The monoisotopic (exact) mass is 309 g/mol. The molecule has 0 saturated carbocycles. The van der Waals surface area contributed by atoms with E-state index in [0.29, 0.717) is 12.1 Å². The lowest BCUT2D eigenvalue weighted by Crippen LogP contribution is -2.12. The number of anilines is 1. The van der Waals surface area contributed by atoms with Crippen molar-refractivity contribution in [1.29, 1.82) is 0 Å². The van der Waals surface area contributed by atoms with Gasteiger partial charge in [0.15, 0.2) is 0 Å². The second-order valence-corrected chi connectivity index (χ2v) is 6.23. The standard InChI is InChI=1S/C13H15N3O4S/c1-16-9-12(8-14-16)21(19,20)15-11-4-2-3-10(7-11)5-6-13(17)18/h2-4,7-9,15H,5-6H2,1H3,(H,17,18). The third kappa shape index (κ3) is 4.06. The summed E-state index contributed by atoms with van der Waals surface area (Å²) < 4.78 is 28.1. The molecular formula is C13H15N3O4S. The highest BCUT2D eigenvalue weighted by atomic mass is 32.2. The zero-order chi connectivity index (χ0) is 15.5. The average Bonchev–Trinajstić information content (AvgIpc) is 2.84. The van der Waals surface area contributed by atoms with Crippen molar-refractivity contribution in [2.75, 3.05) is 4.72 Å². The molecule has 0 unspecified atom stereocenters. The van der Waals surface area contributed by atoms with Gasteiger partial charge >= 0.3 is 5.97 Å². The van der Waals surface area contributed by atoms with Crippen molar-refractivity contribution in [3.8, 4) is 0 Å². The van der Waals surface area contributed by atoms with Gasteiger partial charge in [-0.2, -0.15) is 5.10 Å². The maximum atomic E-state index is 12.1. The molecule has 2 rings (SSSR count). The number of rotatable bonds is 6. The van der Waals surface area contributed by atoms with Crippen LogP contribution in [-0.4, -0.2) is 29.3 Å². The summed E-state index contributed by atoms with van der Waals surface area (Å²) in [5, 5.41) is 12.5. The van der Waals surface area contributed by atoms with E-state index in [1.807, 2.05) is 0 Å². The van der Waals surface area contributed by atoms with E-state index < -0.39 is 16.0 Å². The van der Waals surface area contributed by atoms with Crippen LogP contribution in [0.1, 0.15) is 12.0 Å². The molecule has 0 spiro atoms. The molecule has 0 aliphatic heterocycles. The van der Waals surface area contributed by atoms with Crippen molar-refractivity contribution < 1.29 is 18.3 Å². The van der Waals surface area contributed by atoms with Crippen molar-refractivity contribution in [2.24, 2.45) is 7.05 Å². The van der Waals surface area contributed by atoms with Gasteiger partial charge < -0.3 is 5.11 Å². The first-order valence-corrected chi connectivity index (χ1v) is 7.67. The second-order valence-electron chi connectivity index (χ2n) is 4.55. The van der Waals surface area contributed by atoms with Crippen LogP contribution in [0.4, 0.5) is 5.69 Å². The summed E-state index contributed by atoms with van der Waals surface area (Å²) in [6.07, 6.45) is 3.00. The highest BCUT2D eigenvalue weighted by Crippen LogP contribution is 2.17. The fourth-order valence-electron chi connectivity index (χ4n) is 1.79. The Balaban J connectivity index is 2.16. The number of nitrogens with zero attached hydrogens (tertiary/aromatic N) is 2. The van der Waals surface area contributed by atoms with E-state index in [4.69, 9.17) is 5.11 Å². The lowest BCUT2D eigenvalue weighted by molar-refractivity contribution is -0.136. The highest BCUT2D eigenvalue weighted by Gasteiger charge is 2.16. The van der Waals surface area contributed by atoms with E-state index in [2.05, 4.69) is 9.82 Å². The first-order chi connectivity index (χ1) is 9.87. The summed E-state index contributed by atoms with van der Waals surface area (Å²) in [5.74, 6) is -0.892. The van der Waals surface area contributed by atoms with Crippen LogP contribution in [0.5, 0.6) is 0 Å². The lowest BCUT2D eigenvalue weighted by Gasteiger charge is -2.07. The molecule has 21 heavy (non-hydrogen) atoms. The number of hydrogen-bond donors (Lipinski definition) is 2. The SMILES string of the molecule is Cn1cc(S(=O)(=O)Nc2cccc(CCC(=O)O)c2)cn1. The van der Waals surface area contributed by atoms with E-state index >= 15 is 0 Å². The average molecular weight is 309 g/mol. The Hall–Kier alpha value is -2.35. The summed E-state index contributed by atoms with van der Waals surface area (Å²) in [7, 11) is -2.06. The molecule has 0 bridgehead atoms. The Morgan fingerprint density at radius 2 is 2.19 bits per heavy atom. The number of benzene rings is 1. The Morgan fingerprint density at radius 1 is 1.43 bits per heavy atom. The number of aryl methyl sites for hydroxylation is 2. The Bertz CT molecular complexity index is 752. The van der Waals surface area contributed by atoms with Gasteiger partial charge in [-0.1, -0.05) is 12.1 Å². The molecule has 7 nitrogen and oxygen atoms in total. The van der Waals surface area contributed by atoms with Gasteiger partial charge in [0.2, 0.25) is 0 Å². The van der Waals surface area contributed by atoms with Crippen LogP contribution < -0.4 is 4.72 Å². The third-order valence-corrected chi connectivity index (χ3v) is 4.13. The fourth-order valence-corrected chi connectivity index (χ4v) is 2.83. The van der Waals surface area contributed by atoms with E-state index in [0.717, 1.165) is 5.56 Å². The quantitative estimate of drug-likeness (QED) is 0.836. The van der Waals surface area contributed by atoms with Crippen molar-refractivity contribution in [3.63, 3.8) is 0 Å². The molecule has 0 aliphatic carbocycles. The number of nitrogens with one attached hydrogen (secondary N) is 1. The van der Waals surface area contributed by atoms with Gasteiger partial charge in [0.1, 0.15) is 4.90 Å². The Morgan fingerprint density at radius 3 is 2.81 bits per heavy atom. The summed E-state index contributed by atoms with van der Waals surface area (Å²) in [5.41, 5.74) is 1.14. The molecule has 1 heterocycles. The molecule has 2 aromatic rings. The topological polar surface area (TPSA) is 101 Å². The van der Waals surface area contributed by atoms with Crippen molar-refractivity contribution >= 4 is 21.7 Å². The minimum absolute atomic E-state index is 0.00118. The van der Waals surface area contributed by atoms with Gasteiger partial charge in [0.05, 0.1) is 6.20 Å². The van der Waals surface area contributed by atoms with Crippen LogP contribution in [0.15, 0.2) is 41.6 Å². The molecule has 8 heteroatoms. The van der Waals surface area contributed by atoms with Gasteiger partial charge in [-0.3, -0.25) is 14.2 Å². The van der Waals surface area contributed by atoms with E-state index in [9.17, 15) is 13.2 Å². The van der Waals surface area contributed by atoms with Gasteiger partial charge in [0.25, 0.3) is 10.0 Å². The number of carbonyl (C=O) groups is 1. The van der Waals surface area contributed by atoms with Crippen LogP contribution in [-0.2, 0) is 28.3 Å². The van der Waals surface area contributed by atoms with Crippen LogP contribution in [0.2, 0.25) is 0 Å². The number of hydrogen-bond acceptors (Lipinski definition) is 4. The maximum Gasteiger partial charge on any atom is 0.303 e. The fraction of sp³-hybridized carbons (Fsp3) is 0.231. The molecule has 1 aromatic heterocycles. The van der Waals surface area contributed by atoms with Crippen LogP contribution in [0.3, 0.4) is 0 Å². The van der Waals surface area contributed by atoms with E-state index in [1.165, 1.54) is 17.1 Å². The lowest BCUT2D eigenvalue weighted by atomic mass is 10.1. The predicted molar refractivity (Wildman–Crippen MR) is 76.4 cm³/mol. The number of aromatic nitrogens is 2. The number of carboxylic acids is 1. The van der Waals surface area contributed by atoms with Gasteiger partial charge in [-0.25, -0.2) is 8.42 Å². The minimum atomic E-state index is -3.69. The normalized spacial score (nSPS) is 11.3. The Labute approximate surface area is 122 Å². The molecule has 0 aliphatic rings. The van der Waals surface area contributed by atoms with E-state index in [1.54, 1.807) is 31.3 Å². The van der Waals surface area contributed by atoms with Crippen LogP contribution >= 0.6 is 0 Å². The molecule has 0 radical (unpaired) electrons. The van der Waals surface area contributed by atoms with Crippen LogP contribution in [0.25, 0.3) is 0 Å². The van der Waals surface area contributed by atoms with Gasteiger partial charge in [-0.05, 0) is 24.1 Å². The molecule has 2 N–H and O–H groups in total. The van der Waals surface area contributed by atoms with Gasteiger partial charge in [-0.15, -0.1) is 0 Å². The molecule has 0 atom stereocenters. The Kier molecular flexibility index (Phi) is 4.27. The van der Waals surface area contributed by atoms with Crippen molar-refractivity contribution in [3.05, 3.63) is 42.2 Å². The maximum absolute atomic E-state index is 12.1. The molecule has 0 saturated heterocycles. The largest absolute Gasteiger partial charge is 0.481 e. The summed E-state index contributed by atoms with van der Waals surface area (Å²) in [4.78, 5) is 10.6. The third-order valence-electron chi connectivity index (χ3n) is 2.80. The number of sulfonamides is 1. The summed E-state index contributed by atoms with van der Waals surface area (Å²) >= 11 is 0. The molecule has 1 aromatic carbocycles. The smallest absolute Gasteiger partial charge is 0.303 e. The first kappa shape index (κ1) is 15.0. The zero-order valence-corrected chi connectivity index (χ0v) is 12.2. The second kappa shape index (κ2) is 5.96. The van der Waals surface area contributed by atoms with Gasteiger partial charge in [0, 0.05) is 25.4 Å². The molecule has 0 fully saturated rings. The number of carboxylic acid groups (broad SMARTS) is 1. The van der Waals surface area contributed by atoms with Crippen LogP contribution in [0, 0.1) is 0 Å². The van der Waals surface area contributed by atoms with Crippen molar-refractivity contribution in [1.82, 2.24) is 9.78 Å². The zero-order valence-electron chi connectivity index (χ0n) is 11.4. The highest BCUT2D eigenvalue weighted by molar-refractivity contribution is 7.92. The molecule has 112 valence electrons. The first-order valence-electron chi connectivity index (χ1n) is 6.19. The van der Waals surface area contributed by atoms with E-state index in [-0.39, 0.29) is 11.3 Å².